The third-order valence-corrected chi connectivity index (χ3v) is 5.66. The average molecular weight is 403 g/mol. The lowest BCUT2D eigenvalue weighted by molar-refractivity contribution is 0.0672. The second-order valence-corrected chi connectivity index (χ2v) is 8.07. The molecule has 2 aromatic heterocycles. The van der Waals surface area contributed by atoms with Crippen molar-refractivity contribution < 1.29 is 9.84 Å². The highest BCUT2D eigenvalue weighted by atomic mass is 16.5. The number of benzene rings is 2. The number of para-hydroxylation sites is 1. The number of hydrogen-bond donors (Lipinski definition) is 3. The molecule has 0 saturated heterocycles. The molecule has 1 aliphatic carbocycles. The van der Waals surface area contributed by atoms with Crippen molar-refractivity contribution in [2.45, 2.75) is 51.7 Å². The van der Waals surface area contributed by atoms with Crippen LogP contribution in [0, 0.1) is 13.8 Å². The summed E-state index contributed by atoms with van der Waals surface area (Å²) in [6.45, 7) is 4.00. The van der Waals surface area contributed by atoms with Crippen molar-refractivity contribution in [3.8, 4) is 5.75 Å². The summed E-state index contributed by atoms with van der Waals surface area (Å²) in [5.41, 5.74) is 4.74. The molecule has 1 saturated carbocycles. The van der Waals surface area contributed by atoms with E-state index in [4.69, 9.17) is 9.72 Å². The van der Waals surface area contributed by atoms with E-state index in [9.17, 15) is 5.11 Å². The maximum absolute atomic E-state index is 9.74. The summed E-state index contributed by atoms with van der Waals surface area (Å²) in [7, 11) is 0. The van der Waals surface area contributed by atoms with Crippen LogP contribution < -0.4 is 10.1 Å². The minimum Gasteiger partial charge on any atom is -0.488 e. The molecular weight excluding hydrogens is 378 g/mol. The van der Waals surface area contributed by atoms with Gasteiger partial charge in [0.15, 0.2) is 0 Å². The average Bonchev–Trinajstić information content (AvgIpc) is 3.11. The zero-order valence-corrected chi connectivity index (χ0v) is 17.1. The smallest absolute Gasteiger partial charge is 0.227 e. The third kappa shape index (κ3) is 3.68. The quantitative estimate of drug-likeness (QED) is 0.463. The Labute approximate surface area is 174 Å². The SMILES string of the molecule is Cc1nc2c(C)cc(Nc3ncc4cccc(O[C@H]5CC[C@@H](O)CC5)c4n3)cc2[nH]1. The molecule has 0 radical (unpaired) electrons. The molecule has 154 valence electrons. The van der Waals surface area contributed by atoms with Crippen molar-refractivity contribution in [2.24, 2.45) is 0 Å². The lowest BCUT2D eigenvalue weighted by Gasteiger charge is -2.26. The van der Waals surface area contributed by atoms with E-state index < -0.39 is 0 Å². The van der Waals surface area contributed by atoms with Crippen LogP contribution in [-0.2, 0) is 0 Å². The van der Waals surface area contributed by atoms with Gasteiger partial charge < -0.3 is 20.1 Å². The van der Waals surface area contributed by atoms with Gasteiger partial charge in [-0.15, -0.1) is 0 Å². The van der Waals surface area contributed by atoms with Gasteiger partial charge in [-0.2, -0.15) is 0 Å². The fourth-order valence-corrected chi connectivity index (χ4v) is 4.14. The van der Waals surface area contributed by atoms with Crippen molar-refractivity contribution in [1.82, 2.24) is 19.9 Å². The standard InChI is InChI=1S/C23H25N5O2/c1-13-10-16(11-19-21(13)26-14(2)25-19)27-23-24-12-15-4-3-5-20(22(15)28-23)30-18-8-6-17(29)7-9-18/h3-5,10-12,17-18,29H,6-9H2,1-2H3,(H,25,26)(H,24,27,28)/t17-,18+. The number of aromatic amines is 1. The van der Waals surface area contributed by atoms with Crippen LogP contribution in [0.5, 0.6) is 5.75 Å². The van der Waals surface area contributed by atoms with E-state index >= 15 is 0 Å². The van der Waals surface area contributed by atoms with E-state index in [-0.39, 0.29) is 12.2 Å². The molecule has 0 spiro atoms. The molecule has 30 heavy (non-hydrogen) atoms. The Bertz CT molecular complexity index is 1210. The van der Waals surface area contributed by atoms with E-state index in [0.717, 1.165) is 70.4 Å². The number of aromatic nitrogens is 4. The number of hydrogen-bond acceptors (Lipinski definition) is 6. The molecule has 3 N–H and O–H groups in total. The summed E-state index contributed by atoms with van der Waals surface area (Å²) in [6.07, 6.45) is 5.01. The first-order chi connectivity index (χ1) is 14.5. The summed E-state index contributed by atoms with van der Waals surface area (Å²) in [5.74, 6) is 2.17. The maximum Gasteiger partial charge on any atom is 0.227 e. The van der Waals surface area contributed by atoms with Crippen molar-refractivity contribution in [1.29, 1.82) is 0 Å². The Hall–Kier alpha value is -3.19. The lowest BCUT2D eigenvalue weighted by atomic mass is 9.95. The highest BCUT2D eigenvalue weighted by Crippen LogP contribution is 2.30. The summed E-state index contributed by atoms with van der Waals surface area (Å²) in [4.78, 5) is 17.0. The van der Waals surface area contributed by atoms with E-state index in [2.05, 4.69) is 20.3 Å². The Morgan fingerprint density at radius 2 is 1.90 bits per heavy atom. The van der Waals surface area contributed by atoms with Gasteiger partial charge in [-0.3, -0.25) is 0 Å². The Morgan fingerprint density at radius 1 is 1.07 bits per heavy atom. The number of aliphatic hydroxyl groups is 1. The molecule has 0 bridgehead atoms. The molecular formula is C23H25N5O2. The van der Waals surface area contributed by atoms with Crippen LogP contribution in [0.3, 0.4) is 0 Å². The number of anilines is 2. The normalized spacial score (nSPS) is 19.3. The van der Waals surface area contributed by atoms with Crippen LogP contribution in [0.1, 0.15) is 37.1 Å². The summed E-state index contributed by atoms with van der Waals surface area (Å²) in [6, 6.07) is 9.97. The van der Waals surface area contributed by atoms with Crippen LogP contribution in [0.4, 0.5) is 11.6 Å². The van der Waals surface area contributed by atoms with Crippen LogP contribution >= 0.6 is 0 Å². The molecule has 4 aromatic rings. The minimum absolute atomic E-state index is 0.110. The number of nitrogens with one attached hydrogen (secondary N) is 2. The molecule has 0 atom stereocenters. The molecule has 1 fully saturated rings. The topological polar surface area (TPSA) is 96.0 Å². The molecule has 0 aliphatic heterocycles. The van der Waals surface area contributed by atoms with Crippen molar-refractivity contribution >= 4 is 33.6 Å². The number of fused-ring (bicyclic) bond motifs is 2. The fraction of sp³-hybridized carbons (Fsp3) is 0.348. The number of aliphatic hydroxyl groups excluding tert-OH is 1. The number of imidazole rings is 1. The first kappa shape index (κ1) is 18.8. The van der Waals surface area contributed by atoms with Gasteiger partial charge in [-0.1, -0.05) is 12.1 Å². The Balaban J connectivity index is 1.44. The molecule has 5 rings (SSSR count). The second-order valence-electron chi connectivity index (χ2n) is 8.07. The van der Waals surface area contributed by atoms with Crippen molar-refractivity contribution in [3.05, 3.63) is 47.9 Å². The number of nitrogens with zero attached hydrogens (tertiary/aromatic N) is 3. The maximum atomic E-state index is 9.74. The number of aryl methyl sites for hydroxylation is 2. The molecule has 7 nitrogen and oxygen atoms in total. The zero-order chi connectivity index (χ0) is 20.7. The van der Waals surface area contributed by atoms with Crippen molar-refractivity contribution in [3.63, 3.8) is 0 Å². The van der Waals surface area contributed by atoms with Gasteiger partial charge in [-0.25, -0.2) is 15.0 Å². The van der Waals surface area contributed by atoms with Crippen LogP contribution in [-0.4, -0.2) is 37.3 Å². The first-order valence-corrected chi connectivity index (χ1v) is 10.4. The summed E-state index contributed by atoms with van der Waals surface area (Å²) in [5, 5.41) is 14.0. The zero-order valence-electron chi connectivity index (χ0n) is 17.1. The predicted octanol–water partition coefficient (Wildman–Crippen LogP) is 4.55. The van der Waals surface area contributed by atoms with E-state index in [0.29, 0.717) is 5.95 Å². The third-order valence-electron chi connectivity index (χ3n) is 5.66. The van der Waals surface area contributed by atoms with E-state index in [1.165, 1.54) is 0 Å². The van der Waals surface area contributed by atoms with Gasteiger partial charge in [0.2, 0.25) is 5.95 Å². The highest BCUT2D eigenvalue weighted by Gasteiger charge is 2.21. The number of rotatable bonds is 4. The molecule has 1 aliphatic rings. The van der Waals surface area contributed by atoms with Crippen molar-refractivity contribution in [2.75, 3.05) is 5.32 Å². The predicted molar refractivity (Wildman–Crippen MR) is 117 cm³/mol. The van der Waals surface area contributed by atoms with Gasteiger partial charge in [0.1, 0.15) is 17.1 Å². The summed E-state index contributed by atoms with van der Waals surface area (Å²) >= 11 is 0. The summed E-state index contributed by atoms with van der Waals surface area (Å²) < 4.78 is 6.26. The molecule has 7 heteroatoms. The highest BCUT2D eigenvalue weighted by molar-refractivity contribution is 5.86. The largest absolute Gasteiger partial charge is 0.488 e. The number of H-pyrrole nitrogens is 1. The van der Waals surface area contributed by atoms with Crippen LogP contribution in [0.25, 0.3) is 21.9 Å². The van der Waals surface area contributed by atoms with Gasteiger partial charge in [0.25, 0.3) is 0 Å². The monoisotopic (exact) mass is 403 g/mol. The van der Waals surface area contributed by atoms with Crippen LogP contribution in [0.2, 0.25) is 0 Å². The van der Waals surface area contributed by atoms with Gasteiger partial charge in [0.05, 0.1) is 23.2 Å². The molecule has 2 aromatic carbocycles. The Morgan fingerprint density at radius 3 is 2.73 bits per heavy atom. The first-order valence-electron chi connectivity index (χ1n) is 10.4. The van der Waals surface area contributed by atoms with Crippen LogP contribution in [0.15, 0.2) is 36.5 Å². The lowest BCUT2D eigenvalue weighted by Crippen LogP contribution is -2.26. The Kier molecular flexibility index (Phi) is 4.75. The number of ether oxygens (including phenoxy) is 1. The van der Waals surface area contributed by atoms with E-state index in [1.807, 2.05) is 50.4 Å². The van der Waals surface area contributed by atoms with E-state index in [1.54, 1.807) is 0 Å². The molecule has 0 unspecified atom stereocenters. The van der Waals surface area contributed by atoms with Gasteiger partial charge in [-0.05, 0) is 63.3 Å². The van der Waals surface area contributed by atoms with Gasteiger partial charge in [0, 0.05) is 17.3 Å². The molecule has 2 heterocycles. The molecule has 0 amide bonds. The van der Waals surface area contributed by atoms with Gasteiger partial charge >= 0.3 is 0 Å². The fourth-order valence-electron chi connectivity index (χ4n) is 4.14. The second kappa shape index (κ2) is 7.57. The minimum atomic E-state index is -0.199.